The summed E-state index contributed by atoms with van der Waals surface area (Å²) in [6, 6.07) is 2.01. The predicted octanol–water partition coefficient (Wildman–Crippen LogP) is 2.36. The SMILES string of the molecule is CCNC(=NCc1ccnn1C)NCCCN1CCCCCC1.I. The molecule has 0 atom stereocenters. The van der Waals surface area contributed by atoms with Gasteiger partial charge in [0.25, 0.3) is 0 Å². The minimum Gasteiger partial charge on any atom is -0.357 e. The molecule has 2 heterocycles. The number of hydrogen-bond acceptors (Lipinski definition) is 3. The van der Waals surface area contributed by atoms with Gasteiger partial charge in [-0.1, -0.05) is 12.8 Å². The van der Waals surface area contributed by atoms with Gasteiger partial charge in [-0.3, -0.25) is 4.68 Å². The molecule has 2 N–H and O–H groups in total. The summed E-state index contributed by atoms with van der Waals surface area (Å²) in [5, 5.41) is 10.9. The summed E-state index contributed by atoms with van der Waals surface area (Å²) in [7, 11) is 1.95. The number of guanidine groups is 1. The van der Waals surface area contributed by atoms with E-state index in [1.54, 1.807) is 0 Å². The highest BCUT2D eigenvalue weighted by atomic mass is 127. The number of aryl methyl sites for hydroxylation is 1. The van der Waals surface area contributed by atoms with E-state index in [1.807, 2.05) is 24.0 Å². The van der Waals surface area contributed by atoms with Crippen LogP contribution < -0.4 is 10.6 Å². The van der Waals surface area contributed by atoms with Crippen molar-refractivity contribution in [2.45, 2.75) is 45.6 Å². The summed E-state index contributed by atoms with van der Waals surface area (Å²) in [5.41, 5.74) is 1.12. The van der Waals surface area contributed by atoms with Crippen molar-refractivity contribution in [3.05, 3.63) is 18.0 Å². The zero-order valence-electron chi connectivity index (χ0n) is 15.1. The van der Waals surface area contributed by atoms with Gasteiger partial charge in [0.15, 0.2) is 5.96 Å². The van der Waals surface area contributed by atoms with Crippen molar-refractivity contribution in [2.75, 3.05) is 32.7 Å². The Hall–Kier alpha value is -0.830. The fourth-order valence-corrected chi connectivity index (χ4v) is 2.93. The number of nitrogens with one attached hydrogen (secondary N) is 2. The van der Waals surface area contributed by atoms with E-state index in [0.29, 0.717) is 6.54 Å². The second-order valence-electron chi connectivity index (χ2n) is 6.18. The van der Waals surface area contributed by atoms with Crippen LogP contribution >= 0.6 is 24.0 Å². The second kappa shape index (κ2) is 12.5. The number of aromatic nitrogens is 2. The number of hydrogen-bond donors (Lipinski definition) is 2. The summed E-state index contributed by atoms with van der Waals surface area (Å²) < 4.78 is 1.87. The van der Waals surface area contributed by atoms with Crippen LogP contribution in [0.2, 0.25) is 0 Å². The van der Waals surface area contributed by atoms with Crippen molar-refractivity contribution in [3.8, 4) is 0 Å². The lowest BCUT2D eigenvalue weighted by Crippen LogP contribution is -2.39. The van der Waals surface area contributed by atoms with E-state index >= 15 is 0 Å². The summed E-state index contributed by atoms with van der Waals surface area (Å²) >= 11 is 0. The Labute approximate surface area is 163 Å². The van der Waals surface area contributed by atoms with E-state index in [1.165, 1.54) is 45.3 Å². The number of halogens is 1. The Balaban J connectivity index is 0.00000288. The maximum atomic E-state index is 4.64. The van der Waals surface area contributed by atoms with Crippen molar-refractivity contribution < 1.29 is 0 Å². The molecular formula is C17H33IN6. The van der Waals surface area contributed by atoms with Crippen LogP contribution in [0.3, 0.4) is 0 Å². The average Bonchev–Trinajstić information content (AvgIpc) is 2.80. The van der Waals surface area contributed by atoms with E-state index in [4.69, 9.17) is 0 Å². The monoisotopic (exact) mass is 448 g/mol. The lowest BCUT2D eigenvalue weighted by molar-refractivity contribution is 0.282. The topological polar surface area (TPSA) is 57.5 Å². The maximum absolute atomic E-state index is 4.64. The molecule has 0 aliphatic carbocycles. The second-order valence-corrected chi connectivity index (χ2v) is 6.18. The van der Waals surface area contributed by atoms with Crippen LogP contribution in [0.1, 0.15) is 44.7 Å². The molecule has 0 radical (unpaired) electrons. The molecule has 1 aromatic rings. The third-order valence-electron chi connectivity index (χ3n) is 4.31. The molecule has 0 aromatic carbocycles. The van der Waals surface area contributed by atoms with Crippen LogP contribution in [0.25, 0.3) is 0 Å². The minimum atomic E-state index is 0. The largest absolute Gasteiger partial charge is 0.357 e. The molecule has 0 unspecified atom stereocenters. The van der Waals surface area contributed by atoms with Gasteiger partial charge in [0, 0.05) is 26.3 Å². The smallest absolute Gasteiger partial charge is 0.191 e. The molecule has 1 aromatic heterocycles. The van der Waals surface area contributed by atoms with Crippen LogP contribution in [0.4, 0.5) is 0 Å². The number of rotatable bonds is 7. The molecule has 138 valence electrons. The lowest BCUT2D eigenvalue weighted by atomic mass is 10.2. The van der Waals surface area contributed by atoms with Crippen molar-refractivity contribution in [1.82, 2.24) is 25.3 Å². The highest BCUT2D eigenvalue weighted by Gasteiger charge is 2.08. The first-order chi connectivity index (χ1) is 11.3. The van der Waals surface area contributed by atoms with Crippen LogP contribution in [-0.4, -0.2) is 53.4 Å². The number of likely N-dealkylation sites (tertiary alicyclic amines) is 1. The van der Waals surface area contributed by atoms with Crippen molar-refractivity contribution in [1.29, 1.82) is 0 Å². The molecule has 24 heavy (non-hydrogen) atoms. The summed E-state index contributed by atoms with van der Waals surface area (Å²) in [5.74, 6) is 0.893. The van der Waals surface area contributed by atoms with E-state index in [2.05, 4.69) is 32.5 Å². The molecule has 1 aliphatic rings. The van der Waals surface area contributed by atoms with Crippen molar-refractivity contribution in [2.24, 2.45) is 12.0 Å². The molecule has 6 nitrogen and oxygen atoms in total. The Morgan fingerprint density at radius 2 is 1.96 bits per heavy atom. The van der Waals surface area contributed by atoms with Gasteiger partial charge >= 0.3 is 0 Å². The van der Waals surface area contributed by atoms with Gasteiger partial charge in [-0.15, -0.1) is 24.0 Å². The van der Waals surface area contributed by atoms with Crippen LogP contribution in [0.5, 0.6) is 0 Å². The summed E-state index contributed by atoms with van der Waals surface area (Å²) in [4.78, 5) is 7.24. The van der Waals surface area contributed by atoms with Crippen LogP contribution in [0.15, 0.2) is 17.3 Å². The molecule has 0 bridgehead atoms. The van der Waals surface area contributed by atoms with Gasteiger partial charge < -0.3 is 15.5 Å². The standard InChI is InChI=1S/C17H32N6.HI/c1-3-18-17(20-15-16-9-11-21-22(16)2)19-10-8-14-23-12-6-4-5-7-13-23;/h9,11H,3-8,10,12-15H2,1-2H3,(H2,18,19,20);1H. The first-order valence-electron chi connectivity index (χ1n) is 9.01. The van der Waals surface area contributed by atoms with E-state index in [0.717, 1.165) is 31.2 Å². The normalized spacial score (nSPS) is 16.3. The zero-order chi connectivity index (χ0) is 16.3. The molecule has 1 saturated heterocycles. The highest BCUT2D eigenvalue weighted by molar-refractivity contribution is 14.0. The fourth-order valence-electron chi connectivity index (χ4n) is 2.93. The van der Waals surface area contributed by atoms with Gasteiger partial charge in [-0.25, -0.2) is 4.99 Å². The first kappa shape index (κ1) is 21.2. The van der Waals surface area contributed by atoms with Crippen LogP contribution in [0, 0.1) is 0 Å². The summed E-state index contributed by atoms with van der Waals surface area (Å²) in [6.45, 7) is 8.32. The third kappa shape index (κ3) is 7.83. The molecule has 7 heteroatoms. The van der Waals surface area contributed by atoms with Crippen molar-refractivity contribution >= 4 is 29.9 Å². The van der Waals surface area contributed by atoms with E-state index < -0.39 is 0 Å². The molecule has 1 fully saturated rings. The van der Waals surface area contributed by atoms with Gasteiger partial charge in [0.2, 0.25) is 0 Å². The number of aliphatic imine (C=N–C) groups is 1. The predicted molar refractivity (Wildman–Crippen MR) is 111 cm³/mol. The fraction of sp³-hybridized carbons (Fsp3) is 0.765. The van der Waals surface area contributed by atoms with Gasteiger partial charge in [-0.2, -0.15) is 5.10 Å². The highest BCUT2D eigenvalue weighted by Crippen LogP contribution is 2.09. The summed E-state index contributed by atoms with van der Waals surface area (Å²) in [6.07, 6.45) is 8.51. The minimum absolute atomic E-state index is 0. The van der Waals surface area contributed by atoms with E-state index in [9.17, 15) is 0 Å². The Morgan fingerprint density at radius 3 is 2.58 bits per heavy atom. The van der Waals surface area contributed by atoms with E-state index in [-0.39, 0.29) is 24.0 Å². The Kier molecular flexibility index (Phi) is 11.1. The van der Waals surface area contributed by atoms with Gasteiger partial charge in [-0.05, 0) is 51.9 Å². The first-order valence-corrected chi connectivity index (χ1v) is 9.01. The quantitative estimate of drug-likeness (QED) is 0.291. The molecule has 0 spiro atoms. The number of nitrogens with zero attached hydrogens (tertiary/aromatic N) is 4. The molecule has 1 aliphatic heterocycles. The van der Waals surface area contributed by atoms with Gasteiger partial charge in [0.05, 0.1) is 12.2 Å². The molecule has 0 amide bonds. The van der Waals surface area contributed by atoms with Gasteiger partial charge in [0.1, 0.15) is 0 Å². The Morgan fingerprint density at radius 1 is 1.21 bits per heavy atom. The van der Waals surface area contributed by atoms with Crippen molar-refractivity contribution in [3.63, 3.8) is 0 Å². The maximum Gasteiger partial charge on any atom is 0.191 e. The Bertz CT molecular complexity index is 465. The third-order valence-corrected chi connectivity index (χ3v) is 4.31. The van der Waals surface area contributed by atoms with Crippen LogP contribution in [-0.2, 0) is 13.6 Å². The average molecular weight is 448 g/mol. The molecule has 0 saturated carbocycles. The zero-order valence-corrected chi connectivity index (χ0v) is 17.5. The molecular weight excluding hydrogens is 415 g/mol. The lowest BCUT2D eigenvalue weighted by Gasteiger charge is -2.20. The molecule has 2 rings (SSSR count).